The normalized spacial score (nSPS) is 27.1. The minimum Gasteiger partial charge on any atom is -0.462 e. The van der Waals surface area contributed by atoms with Crippen LogP contribution in [0, 0.1) is 0 Å². The summed E-state index contributed by atoms with van der Waals surface area (Å²) < 4.78 is 9.83. The summed E-state index contributed by atoms with van der Waals surface area (Å²) in [6.07, 6.45) is 0.0301. The molecule has 46 valence electrons. The van der Waals surface area contributed by atoms with Gasteiger partial charge in [0.05, 0.1) is 0 Å². The summed E-state index contributed by atoms with van der Waals surface area (Å²) in [6.45, 7) is 4.50. The predicted octanol–water partition coefficient (Wildman–Crippen LogP) is -0.168. The van der Waals surface area contributed by atoms with E-state index in [0.29, 0.717) is 19.1 Å². The van der Waals surface area contributed by atoms with Crippen molar-refractivity contribution in [2.45, 2.75) is 6.10 Å². The third kappa shape index (κ3) is 0.924. The van der Waals surface area contributed by atoms with Gasteiger partial charge in [0.25, 0.3) is 5.95 Å². The Morgan fingerprint density at radius 3 is 2.88 bits per heavy atom. The van der Waals surface area contributed by atoms with Crippen molar-refractivity contribution in [3.63, 3.8) is 0 Å². The molecule has 0 bridgehead atoms. The fourth-order valence-electron chi connectivity index (χ4n) is 0.556. The van der Waals surface area contributed by atoms with Crippen LogP contribution in [0.2, 0.25) is 0 Å². The van der Waals surface area contributed by atoms with Gasteiger partial charge in [-0.15, -0.1) is 0 Å². The van der Waals surface area contributed by atoms with Crippen molar-refractivity contribution in [3.05, 3.63) is 12.5 Å². The first-order valence-electron chi connectivity index (χ1n) is 2.51. The topological polar surface area (TPSA) is 44.5 Å². The first kappa shape index (κ1) is 5.44. The van der Waals surface area contributed by atoms with Gasteiger partial charge in [0.2, 0.25) is 0 Å². The van der Waals surface area contributed by atoms with Gasteiger partial charge in [0, 0.05) is 6.54 Å². The first-order chi connectivity index (χ1) is 3.83. The van der Waals surface area contributed by atoms with Crippen molar-refractivity contribution >= 4 is 0 Å². The number of ether oxygens (including phenoxy) is 2. The summed E-state index contributed by atoms with van der Waals surface area (Å²) in [4.78, 5) is 0. The van der Waals surface area contributed by atoms with Crippen LogP contribution in [-0.2, 0) is 9.47 Å². The highest BCUT2D eigenvalue weighted by Gasteiger charge is 2.17. The predicted molar refractivity (Wildman–Crippen MR) is 29.0 cm³/mol. The smallest absolute Gasteiger partial charge is 0.272 e. The number of nitrogens with two attached hydrogens (primary N) is 1. The van der Waals surface area contributed by atoms with Crippen molar-refractivity contribution in [1.29, 1.82) is 0 Å². The van der Waals surface area contributed by atoms with E-state index >= 15 is 0 Å². The summed E-state index contributed by atoms with van der Waals surface area (Å²) in [7, 11) is 0. The van der Waals surface area contributed by atoms with Crippen LogP contribution in [0.1, 0.15) is 0 Å². The van der Waals surface area contributed by atoms with E-state index in [0.717, 1.165) is 0 Å². The van der Waals surface area contributed by atoms with Crippen molar-refractivity contribution in [2.75, 3.05) is 13.2 Å². The van der Waals surface area contributed by atoms with E-state index in [4.69, 9.17) is 15.2 Å². The van der Waals surface area contributed by atoms with Crippen LogP contribution >= 0.6 is 0 Å². The van der Waals surface area contributed by atoms with Crippen LogP contribution in [0.5, 0.6) is 0 Å². The minimum absolute atomic E-state index is 0.0301. The van der Waals surface area contributed by atoms with E-state index in [-0.39, 0.29) is 6.10 Å². The van der Waals surface area contributed by atoms with Gasteiger partial charge in [-0.1, -0.05) is 0 Å². The highest BCUT2D eigenvalue weighted by Crippen LogP contribution is 2.10. The molecule has 3 nitrogen and oxygen atoms in total. The van der Waals surface area contributed by atoms with Crippen molar-refractivity contribution in [2.24, 2.45) is 5.73 Å². The van der Waals surface area contributed by atoms with Crippen molar-refractivity contribution in [1.82, 2.24) is 0 Å². The molecule has 0 spiro atoms. The van der Waals surface area contributed by atoms with Crippen molar-refractivity contribution < 1.29 is 9.47 Å². The van der Waals surface area contributed by atoms with Crippen LogP contribution in [0.4, 0.5) is 0 Å². The van der Waals surface area contributed by atoms with E-state index in [1.807, 2.05) is 0 Å². The molecule has 1 aliphatic heterocycles. The van der Waals surface area contributed by atoms with Crippen molar-refractivity contribution in [3.8, 4) is 0 Å². The quantitative estimate of drug-likeness (QED) is 0.516. The molecule has 0 aromatic rings. The Kier molecular flexibility index (Phi) is 1.39. The van der Waals surface area contributed by atoms with Crippen LogP contribution < -0.4 is 5.73 Å². The van der Waals surface area contributed by atoms with Gasteiger partial charge in [-0.25, -0.2) is 0 Å². The van der Waals surface area contributed by atoms with E-state index in [9.17, 15) is 0 Å². The molecule has 1 saturated heterocycles. The molecule has 0 aromatic heterocycles. The fourth-order valence-corrected chi connectivity index (χ4v) is 0.556. The molecule has 1 heterocycles. The zero-order chi connectivity index (χ0) is 5.98. The summed E-state index contributed by atoms with van der Waals surface area (Å²) in [5.41, 5.74) is 5.25. The molecular weight excluding hydrogens is 106 g/mol. The molecule has 0 radical (unpaired) electrons. The highest BCUT2D eigenvalue weighted by atomic mass is 16.7. The molecular formula is C5H9NO2. The van der Waals surface area contributed by atoms with Gasteiger partial charge in [-0.3, -0.25) is 0 Å². The fraction of sp³-hybridized carbons (Fsp3) is 0.600. The van der Waals surface area contributed by atoms with Gasteiger partial charge in [0.1, 0.15) is 12.7 Å². The average Bonchev–Trinajstić information content (AvgIpc) is 2.14. The van der Waals surface area contributed by atoms with E-state index in [1.165, 1.54) is 0 Å². The SMILES string of the molecule is C=C1OCC(CN)O1. The molecule has 0 amide bonds. The number of rotatable bonds is 1. The second-order valence-electron chi connectivity index (χ2n) is 1.66. The van der Waals surface area contributed by atoms with Crippen LogP contribution in [-0.4, -0.2) is 19.3 Å². The maximum Gasteiger partial charge on any atom is 0.272 e. The van der Waals surface area contributed by atoms with E-state index < -0.39 is 0 Å². The Hall–Kier alpha value is -0.700. The standard InChI is InChI=1S/C5H9NO2/c1-4-7-3-5(2-6)8-4/h5H,1-3,6H2. The summed E-state index contributed by atoms with van der Waals surface area (Å²) in [5, 5.41) is 0. The monoisotopic (exact) mass is 115 g/mol. The summed E-state index contributed by atoms with van der Waals surface area (Å²) in [6, 6.07) is 0. The molecule has 2 N–H and O–H groups in total. The maximum atomic E-state index is 5.25. The minimum atomic E-state index is 0.0301. The number of hydrogen-bond acceptors (Lipinski definition) is 3. The van der Waals surface area contributed by atoms with Gasteiger partial charge in [-0.2, -0.15) is 0 Å². The molecule has 1 rings (SSSR count). The first-order valence-corrected chi connectivity index (χ1v) is 2.51. The molecule has 0 aliphatic carbocycles. The van der Waals surface area contributed by atoms with Gasteiger partial charge < -0.3 is 15.2 Å². The molecule has 1 atom stereocenters. The Balaban J connectivity index is 2.32. The molecule has 3 heteroatoms. The highest BCUT2D eigenvalue weighted by molar-refractivity contribution is 4.79. The third-order valence-corrected chi connectivity index (χ3v) is 0.991. The zero-order valence-electron chi connectivity index (χ0n) is 4.59. The lowest BCUT2D eigenvalue weighted by Gasteiger charge is -1.99. The molecule has 0 aromatic carbocycles. The molecule has 8 heavy (non-hydrogen) atoms. The second kappa shape index (κ2) is 2.05. The lowest BCUT2D eigenvalue weighted by atomic mass is 10.4. The van der Waals surface area contributed by atoms with Crippen LogP contribution in [0.15, 0.2) is 12.5 Å². The van der Waals surface area contributed by atoms with E-state index in [2.05, 4.69) is 6.58 Å². The summed E-state index contributed by atoms with van der Waals surface area (Å²) >= 11 is 0. The zero-order valence-corrected chi connectivity index (χ0v) is 4.59. The van der Waals surface area contributed by atoms with Crippen LogP contribution in [0.3, 0.4) is 0 Å². The lowest BCUT2D eigenvalue weighted by Crippen LogP contribution is -2.21. The Morgan fingerprint density at radius 1 is 1.88 bits per heavy atom. The molecule has 1 fully saturated rings. The number of hydrogen-bond donors (Lipinski definition) is 1. The Morgan fingerprint density at radius 2 is 2.62 bits per heavy atom. The largest absolute Gasteiger partial charge is 0.462 e. The average molecular weight is 115 g/mol. The lowest BCUT2D eigenvalue weighted by molar-refractivity contribution is 0.148. The molecule has 1 aliphatic rings. The van der Waals surface area contributed by atoms with Gasteiger partial charge in [0.15, 0.2) is 0 Å². The molecule has 0 saturated carbocycles. The van der Waals surface area contributed by atoms with Gasteiger partial charge >= 0.3 is 0 Å². The Labute approximate surface area is 48.1 Å². The van der Waals surface area contributed by atoms with Gasteiger partial charge in [-0.05, 0) is 6.58 Å². The molecule has 1 unspecified atom stereocenters. The maximum absolute atomic E-state index is 5.25. The third-order valence-electron chi connectivity index (χ3n) is 0.991. The second-order valence-corrected chi connectivity index (χ2v) is 1.66. The van der Waals surface area contributed by atoms with Crippen LogP contribution in [0.25, 0.3) is 0 Å². The van der Waals surface area contributed by atoms with E-state index in [1.54, 1.807) is 0 Å². The summed E-state index contributed by atoms with van der Waals surface area (Å²) in [5.74, 6) is 0.389. The Bertz CT molecular complexity index is 103.